The molecule has 0 radical (unpaired) electrons. The molecule has 0 N–H and O–H groups in total. The predicted octanol–water partition coefficient (Wildman–Crippen LogP) is 0.611. The topological polar surface area (TPSA) is 26.3 Å². The van der Waals surface area contributed by atoms with Gasteiger partial charge in [0.1, 0.15) is 6.61 Å². The highest BCUT2D eigenvalue weighted by atomic mass is 19.3. The number of ether oxygens (including phenoxy) is 1. The van der Waals surface area contributed by atoms with E-state index in [1.54, 1.807) is 0 Å². The van der Waals surface area contributed by atoms with E-state index in [4.69, 9.17) is 0 Å². The molecule has 0 aromatic rings. The minimum Gasteiger partial charge on any atom is -0.374 e. The Bertz CT molecular complexity index is 133. The Hall–Kier alpha value is -0.510. The quantitative estimate of drug-likeness (QED) is 0.487. The normalized spacial score (nSPS) is 26.2. The van der Waals surface area contributed by atoms with Crippen LogP contribution in [0.5, 0.6) is 0 Å². The van der Waals surface area contributed by atoms with E-state index in [-0.39, 0.29) is 13.0 Å². The number of alkyl halides is 2. The lowest BCUT2D eigenvalue weighted by Gasteiger charge is -2.19. The number of carbonyl (C=O) groups is 1. The number of ketones is 1. The van der Waals surface area contributed by atoms with Gasteiger partial charge in [0.2, 0.25) is 5.78 Å². The summed E-state index contributed by atoms with van der Waals surface area (Å²) in [6.07, 6.45) is -0.160. The van der Waals surface area contributed by atoms with Gasteiger partial charge < -0.3 is 4.74 Å². The lowest BCUT2D eigenvalue weighted by atomic mass is 10.1. The van der Waals surface area contributed by atoms with Crippen LogP contribution in [0.1, 0.15) is 6.42 Å². The summed E-state index contributed by atoms with van der Waals surface area (Å²) < 4.78 is 28.6. The number of rotatable bonds is 0. The van der Waals surface area contributed by atoms with Gasteiger partial charge >= 0.3 is 5.92 Å². The molecule has 0 amide bonds. The third kappa shape index (κ3) is 1.24. The summed E-state index contributed by atoms with van der Waals surface area (Å²) in [6, 6.07) is 0. The molecule has 4 heteroatoms. The van der Waals surface area contributed by atoms with Crippen molar-refractivity contribution in [3.05, 3.63) is 0 Å². The van der Waals surface area contributed by atoms with E-state index in [1.807, 2.05) is 0 Å². The molecule has 9 heavy (non-hydrogen) atoms. The molecule has 0 bridgehead atoms. The van der Waals surface area contributed by atoms with E-state index in [0.717, 1.165) is 0 Å². The zero-order valence-corrected chi connectivity index (χ0v) is 4.69. The predicted molar refractivity (Wildman–Crippen MR) is 25.4 cm³/mol. The zero-order valence-electron chi connectivity index (χ0n) is 4.69. The van der Waals surface area contributed by atoms with E-state index in [9.17, 15) is 13.6 Å². The second kappa shape index (κ2) is 2.02. The molecule has 0 spiro atoms. The van der Waals surface area contributed by atoms with Crippen LogP contribution in [0.15, 0.2) is 0 Å². The largest absolute Gasteiger partial charge is 0.374 e. The second-order valence-corrected chi connectivity index (χ2v) is 1.93. The van der Waals surface area contributed by atoms with Crippen LogP contribution in [-0.4, -0.2) is 24.9 Å². The molecule has 1 saturated heterocycles. The Balaban J connectivity index is 2.60. The smallest absolute Gasteiger partial charge is 0.328 e. The summed E-state index contributed by atoms with van der Waals surface area (Å²) in [5.41, 5.74) is 0. The van der Waals surface area contributed by atoms with E-state index in [1.165, 1.54) is 0 Å². The fourth-order valence-corrected chi connectivity index (χ4v) is 0.629. The van der Waals surface area contributed by atoms with Crippen molar-refractivity contribution in [2.24, 2.45) is 0 Å². The fourth-order valence-electron chi connectivity index (χ4n) is 0.629. The maximum Gasteiger partial charge on any atom is 0.328 e. The van der Waals surface area contributed by atoms with Crippen LogP contribution >= 0.6 is 0 Å². The summed E-state index contributed by atoms with van der Waals surface area (Å²) in [7, 11) is 0. The first kappa shape index (κ1) is 6.61. The first-order valence-electron chi connectivity index (χ1n) is 2.62. The molecule has 0 aromatic heterocycles. The molecule has 1 heterocycles. The Morgan fingerprint density at radius 2 is 2.22 bits per heavy atom. The van der Waals surface area contributed by atoms with Crippen molar-refractivity contribution in [3.63, 3.8) is 0 Å². The Kier molecular flexibility index (Phi) is 1.48. The number of carbonyl (C=O) groups excluding carboxylic acids is 1. The van der Waals surface area contributed by atoms with Crippen molar-refractivity contribution in [2.75, 3.05) is 13.2 Å². The van der Waals surface area contributed by atoms with Gasteiger partial charge in [0.05, 0.1) is 6.61 Å². The minimum atomic E-state index is -3.22. The van der Waals surface area contributed by atoms with Gasteiger partial charge in [-0.25, -0.2) is 0 Å². The average molecular weight is 136 g/mol. The van der Waals surface area contributed by atoms with Crippen LogP contribution in [0.2, 0.25) is 0 Å². The number of halogens is 2. The first-order chi connectivity index (χ1) is 4.13. The highest BCUT2D eigenvalue weighted by Gasteiger charge is 2.40. The van der Waals surface area contributed by atoms with Gasteiger partial charge in [-0.2, -0.15) is 8.78 Å². The lowest BCUT2D eigenvalue weighted by molar-refractivity contribution is -0.162. The maximum atomic E-state index is 12.1. The van der Waals surface area contributed by atoms with Gasteiger partial charge in [-0.3, -0.25) is 4.79 Å². The molecule has 0 saturated carbocycles. The van der Waals surface area contributed by atoms with Crippen molar-refractivity contribution < 1.29 is 18.3 Å². The summed E-state index contributed by atoms with van der Waals surface area (Å²) >= 11 is 0. The fraction of sp³-hybridized carbons (Fsp3) is 0.800. The van der Waals surface area contributed by atoms with Gasteiger partial charge in [-0.05, 0) is 0 Å². The molecule has 1 rings (SSSR count). The van der Waals surface area contributed by atoms with Crippen LogP contribution in [0.3, 0.4) is 0 Å². The average Bonchev–Trinajstić information content (AvgIpc) is 1.77. The molecule has 1 aliphatic rings. The van der Waals surface area contributed by atoms with Crippen LogP contribution in [-0.2, 0) is 9.53 Å². The molecule has 0 aliphatic carbocycles. The molecule has 2 nitrogen and oxygen atoms in total. The highest BCUT2D eigenvalue weighted by molar-refractivity contribution is 5.86. The van der Waals surface area contributed by atoms with Gasteiger partial charge in [0.15, 0.2) is 0 Å². The lowest BCUT2D eigenvalue weighted by Crippen LogP contribution is -2.39. The van der Waals surface area contributed by atoms with Crippen molar-refractivity contribution in [2.45, 2.75) is 12.3 Å². The third-order valence-corrected chi connectivity index (χ3v) is 1.16. The third-order valence-electron chi connectivity index (χ3n) is 1.16. The van der Waals surface area contributed by atoms with Crippen molar-refractivity contribution >= 4 is 5.78 Å². The Labute approximate surface area is 50.8 Å². The van der Waals surface area contributed by atoms with Crippen LogP contribution < -0.4 is 0 Å². The standard InChI is InChI=1S/C5H6F2O2/c6-5(7)3-9-2-1-4(5)8/h1-3H2. The zero-order chi connectivity index (χ0) is 6.91. The van der Waals surface area contributed by atoms with E-state index >= 15 is 0 Å². The molecule has 52 valence electrons. The number of hydrogen-bond acceptors (Lipinski definition) is 2. The van der Waals surface area contributed by atoms with Crippen molar-refractivity contribution in [3.8, 4) is 0 Å². The first-order valence-corrected chi connectivity index (χ1v) is 2.62. The maximum absolute atomic E-state index is 12.1. The molecule has 0 aromatic carbocycles. The summed E-state index contributed by atoms with van der Waals surface area (Å²) in [5, 5.41) is 0. The molecule has 1 aliphatic heterocycles. The minimum absolute atomic E-state index is 0.133. The second-order valence-electron chi connectivity index (χ2n) is 1.93. The number of hydrogen-bond donors (Lipinski definition) is 0. The summed E-state index contributed by atoms with van der Waals surface area (Å²) in [6.45, 7) is -0.611. The van der Waals surface area contributed by atoms with Crippen molar-refractivity contribution in [1.82, 2.24) is 0 Å². The van der Waals surface area contributed by atoms with E-state index in [0.29, 0.717) is 0 Å². The molecule has 0 unspecified atom stereocenters. The molecule has 0 atom stereocenters. The van der Waals surface area contributed by atoms with Gasteiger partial charge in [0, 0.05) is 6.42 Å². The highest BCUT2D eigenvalue weighted by Crippen LogP contribution is 2.20. The van der Waals surface area contributed by atoms with E-state index < -0.39 is 18.3 Å². The Morgan fingerprint density at radius 3 is 2.56 bits per heavy atom. The van der Waals surface area contributed by atoms with E-state index in [2.05, 4.69) is 4.74 Å². The van der Waals surface area contributed by atoms with Crippen LogP contribution in [0, 0.1) is 0 Å². The van der Waals surface area contributed by atoms with Crippen molar-refractivity contribution in [1.29, 1.82) is 0 Å². The van der Waals surface area contributed by atoms with Gasteiger partial charge in [-0.1, -0.05) is 0 Å². The Morgan fingerprint density at radius 1 is 1.56 bits per heavy atom. The van der Waals surface area contributed by atoms with Gasteiger partial charge in [0.25, 0.3) is 0 Å². The van der Waals surface area contributed by atoms with Crippen LogP contribution in [0.25, 0.3) is 0 Å². The van der Waals surface area contributed by atoms with Crippen LogP contribution in [0.4, 0.5) is 8.78 Å². The molecular weight excluding hydrogens is 130 g/mol. The monoisotopic (exact) mass is 136 g/mol. The van der Waals surface area contributed by atoms with Gasteiger partial charge in [-0.15, -0.1) is 0 Å². The summed E-state index contributed by atoms with van der Waals surface area (Å²) in [4.78, 5) is 10.3. The summed E-state index contributed by atoms with van der Waals surface area (Å²) in [5.74, 6) is -4.23. The number of Topliss-reactive ketones (excluding diaryl/α,β-unsaturated/α-hetero) is 1. The molecular formula is C5H6F2O2. The molecule has 1 fully saturated rings. The SMILES string of the molecule is O=C1CCOCC1(F)F.